The van der Waals surface area contributed by atoms with Gasteiger partial charge in [0.1, 0.15) is 0 Å². The highest BCUT2D eigenvalue weighted by Crippen LogP contribution is 2.28. The number of rotatable bonds is 3. The van der Waals surface area contributed by atoms with Crippen molar-refractivity contribution in [2.24, 2.45) is 5.92 Å². The Morgan fingerprint density at radius 1 is 1.25 bits per heavy atom. The quantitative estimate of drug-likeness (QED) is 0.837. The number of nitrogens with one attached hydrogen (secondary N) is 1. The fourth-order valence-electron chi connectivity index (χ4n) is 2.59. The molecule has 0 radical (unpaired) electrons. The van der Waals surface area contributed by atoms with Crippen molar-refractivity contribution < 1.29 is 0 Å². The van der Waals surface area contributed by atoms with Crippen molar-refractivity contribution in [3.63, 3.8) is 0 Å². The van der Waals surface area contributed by atoms with Crippen LogP contribution >= 0.6 is 15.9 Å². The lowest BCUT2D eigenvalue weighted by molar-refractivity contribution is 0.328. The van der Waals surface area contributed by atoms with Crippen LogP contribution in [0.25, 0.3) is 0 Å². The third kappa shape index (κ3) is 3.24. The molecular weight excluding hydrogens is 262 g/mol. The van der Waals surface area contributed by atoms with Crippen LogP contribution in [0.5, 0.6) is 0 Å². The maximum atomic E-state index is 3.62. The maximum Gasteiger partial charge on any atom is 0.0353 e. The summed E-state index contributed by atoms with van der Waals surface area (Å²) in [6.07, 6.45) is 7.04. The SMILES string of the molecule is CC(Nc1cccc(Br)c1)C1CCCCC1. The van der Waals surface area contributed by atoms with Crippen LogP contribution in [0.15, 0.2) is 28.7 Å². The molecule has 0 bridgehead atoms. The molecule has 0 spiro atoms. The predicted octanol–water partition coefficient (Wildman–Crippen LogP) is 4.83. The third-order valence-corrected chi connectivity index (χ3v) is 4.07. The Labute approximate surface area is 107 Å². The summed E-state index contributed by atoms with van der Waals surface area (Å²) in [6, 6.07) is 9.04. The molecule has 2 rings (SSSR count). The third-order valence-electron chi connectivity index (χ3n) is 3.58. The fraction of sp³-hybridized carbons (Fsp3) is 0.571. The van der Waals surface area contributed by atoms with E-state index >= 15 is 0 Å². The van der Waals surface area contributed by atoms with E-state index < -0.39 is 0 Å². The minimum atomic E-state index is 0.592. The molecule has 0 amide bonds. The van der Waals surface area contributed by atoms with Gasteiger partial charge in [0.25, 0.3) is 0 Å². The smallest absolute Gasteiger partial charge is 0.0353 e. The van der Waals surface area contributed by atoms with Gasteiger partial charge < -0.3 is 5.32 Å². The molecule has 0 aliphatic heterocycles. The second kappa shape index (κ2) is 5.72. The van der Waals surface area contributed by atoms with Crippen LogP contribution in [0.1, 0.15) is 39.0 Å². The van der Waals surface area contributed by atoms with Crippen LogP contribution in [-0.4, -0.2) is 6.04 Å². The Morgan fingerprint density at radius 3 is 2.69 bits per heavy atom. The number of hydrogen-bond donors (Lipinski definition) is 1. The first kappa shape index (κ1) is 12.0. The largest absolute Gasteiger partial charge is 0.382 e. The standard InChI is InChI=1S/C14H20BrN/c1-11(12-6-3-2-4-7-12)16-14-9-5-8-13(15)10-14/h5,8-12,16H,2-4,6-7H2,1H3. The lowest BCUT2D eigenvalue weighted by Gasteiger charge is -2.29. The normalized spacial score (nSPS) is 19.4. The van der Waals surface area contributed by atoms with Gasteiger partial charge in [-0.2, -0.15) is 0 Å². The van der Waals surface area contributed by atoms with E-state index in [0.717, 1.165) is 10.4 Å². The average molecular weight is 282 g/mol. The van der Waals surface area contributed by atoms with E-state index in [-0.39, 0.29) is 0 Å². The first-order valence-electron chi connectivity index (χ1n) is 6.28. The monoisotopic (exact) mass is 281 g/mol. The molecule has 1 saturated carbocycles. The summed E-state index contributed by atoms with van der Waals surface area (Å²) in [6.45, 7) is 2.32. The van der Waals surface area contributed by atoms with E-state index in [1.807, 2.05) is 0 Å². The highest BCUT2D eigenvalue weighted by molar-refractivity contribution is 9.10. The van der Waals surface area contributed by atoms with Crippen molar-refractivity contribution in [1.82, 2.24) is 0 Å². The molecule has 1 aliphatic carbocycles. The Hall–Kier alpha value is -0.500. The molecule has 1 nitrogen and oxygen atoms in total. The number of hydrogen-bond acceptors (Lipinski definition) is 1. The molecular formula is C14H20BrN. The van der Waals surface area contributed by atoms with Gasteiger partial charge in [0.2, 0.25) is 0 Å². The van der Waals surface area contributed by atoms with E-state index in [4.69, 9.17) is 0 Å². The number of anilines is 1. The lowest BCUT2D eigenvalue weighted by atomic mass is 9.84. The molecule has 2 heteroatoms. The second-order valence-electron chi connectivity index (χ2n) is 4.84. The van der Waals surface area contributed by atoms with Gasteiger partial charge in [-0.25, -0.2) is 0 Å². The first-order valence-corrected chi connectivity index (χ1v) is 7.07. The van der Waals surface area contributed by atoms with Gasteiger partial charge in [-0.15, -0.1) is 0 Å². The van der Waals surface area contributed by atoms with Crippen LogP contribution in [0.2, 0.25) is 0 Å². The van der Waals surface area contributed by atoms with Crippen molar-refractivity contribution in [3.8, 4) is 0 Å². The summed E-state index contributed by atoms with van der Waals surface area (Å²) >= 11 is 3.51. The van der Waals surface area contributed by atoms with Gasteiger partial charge in [-0.1, -0.05) is 41.3 Å². The molecule has 1 aromatic carbocycles. The number of benzene rings is 1. The summed E-state index contributed by atoms with van der Waals surface area (Å²) in [5.74, 6) is 0.854. The Morgan fingerprint density at radius 2 is 2.00 bits per heavy atom. The number of halogens is 1. The molecule has 1 aliphatic rings. The molecule has 1 unspecified atom stereocenters. The van der Waals surface area contributed by atoms with Gasteiger partial charge in [-0.3, -0.25) is 0 Å². The van der Waals surface area contributed by atoms with Crippen molar-refractivity contribution in [1.29, 1.82) is 0 Å². The molecule has 0 saturated heterocycles. The molecule has 1 fully saturated rings. The van der Waals surface area contributed by atoms with E-state index in [1.54, 1.807) is 0 Å². The minimum Gasteiger partial charge on any atom is -0.382 e. The summed E-state index contributed by atoms with van der Waals surface area (Å²) < 4.78 is 1.15. The molecule has 1 N–H and O–H groups in total. The molecule has 88 valence electrons. The predicted molar refractivity (Wildman–Crippen MR) is 73.8 cm³/mol. The van der Waals surface area contributed by atoms with Crippen LogP contribution in [0.4, 0.5) is 5.69 Å². The molecule has 0 aromatic heterocycles. The summed E-state index contributed by atoms with van der Waals surface area (Å²) in [5, 5.41) is 3.62. The average Bonchev–Trinajstić information content (AvgIpc) is 2.30. The zero-order valence-electron chi connectivity index (χ0n) is 9.88. The highest BCUT2D eigenvalue weighted by atomic mass is 79.9. The Bertz CT molecular complexity index is 331. The second-order valence-corrected chi connectivity index (χ2v) is 5.76. The van der Waals surface area contributed by atoms with Crippen LogP contribution in [0, 0.1) is 5.92 Å². The molecule has 1 atom stereocenters. The first-order chi connectivity index (χ1) is 7.75. The highest BCUT2D eigenvalue weighted by Gasteiger charge is 2.19. The van der Waals surface area contributed by atoms with Gasteiger partial charge >= 0.3 is 0 Å². The van der Waals surface area contributed by atoms with Gasteiger partial charge in [0, 0.05) is 16.2 Å². The Kier molecular flexibility index (Phi) is 4.28. The van der Waals surface area contributed by atoms with E-state index in [1.165, 1.54) is 37.8 Å². The molecule has 1 aromatic rings. The molecule has 0 heterocycles. The minimum absolute atomic E-state index is 0.592. The fourth-order valence-corrected chi connectivity index (χ4v) is 2.99. The van der Waals surface area contributed by atoms with Gasteiger partial charge in [0.15, 0.2) is 0 Å². The lowest BCUT2D eigenvalue weighted by Crippen LogP contribution is -2.27. The molecule has 16 heavy (non-hydrogen) atoms. The summed E-state index contributed by atoms with van der Waals surface area (Å²) in [7, 11) is 0. The van der Waals surface area contributed by atoms with Crippen molar-refractivity contribution >= 4 is 21.6 Å². The van der Waals surface area contributed by atoms with Crippen LogP contribution < -0.4 is 5.32 Å². The van der Waals surface area contributed by atoms with Crippen molar-refractivity contribution in [3.05, 3.63) is 28.7 Å². The summed E-state index contributed by atoms with van der Waals surface area (Å²) in [4.78, 5) is 0. The van der Waals surface area contributed by atoms with E-state index in [9.17, 15) is 0 Å². The van der Waals surface area contributed by atoms with Gasteiger partial charge in [0.05, 0.1) is 0 Å². The van der Waals surface area contributed by atoms with Crippen LogP contribution in [0.3, 0.4) is 0 Å². The van der Waals surface area contributed by atoms with Crippen molar-refractivity contribution in [2.45, 2.75) is 45.1 Å². The van der Waals surface area contributed by atoms with E-state index in [2.05, 4.69) is 52.4 Å². The van der Waals surface area contributed by atoms with E-state index in [0.29, 0.717) is 6.04 Å². The van der Waals surface area contributed by atoms with Crippen LogP contribution in [-0.2, 0) is 0 Å². The zero-order chi connectivity index (χ0) is 11.4. The summed E-state index contributed by atoms with van der Waals surface area (Å²) in [5.41, 5.74) is 1.23. The topological polar surface area (TPSA) is 12.0 Å². The van der Waals surface area contributed by atoms with Gasteiger partial charge in [-0.05, 0) is 43.9 Å². The zero-order valence-corrected chi connectivity index (χ0v) is 11.5. The van der Waals surface area contributed by atoms with Crippen molar-refractivity contribution in [2.75, 3.05) is 5.32 Å². The maximum absolute atomic E-state index is 3.62. The Balaban J connectivity index is 1.93.